The van der Waals surface area contributed by atoms with E-state index in [1.54, 1.807) is 0 Å². The largest absolute Gasteiger partial charge is 0.382 e. The van der Waals surface area contributed by atoms with E-state index >= 15 is 0 Å². The lowest BCUT2D eigenvalue weighted by molar-refractivity contribution is 0.146. The Morgan fingerprint density at radius 2 is 2.21 bits per heavy atom. The molecule has 0 radical (unpaired) electrons. The maximum Gasteiger partial charge on any atom is 0.170 e. The molecule has 0 aromatic heterocycles. The minimum Gasteiger partial charge on any atom is -0.382 e. The van der Waals surface area contributed by atoms with Crippen molar-refractivity contribution in [2.45, 2.75) is 20.3 Å². The van der Waals surface area contributed by atoms with E-state index in [0.29, 0.717) is 10.1 Å². The van der Waals surface area contributed by atoms with Gasteiger partial charge in [-0.3, -0.25) is 0 Å². The van der Waals surface area contributed by atoms with Gasteiger partial charge >= 0.3 is 0 Å². The molecule has 0 heterocycles. The molecule has 0 bridgehead atoms. The van der Waals surface area contributed by atoms with Crippen LogP contribution in [-0.2, 0) is 4.74 Å². The van der Waals surface area contributed by atoms with Crippen LogP contribution in [0.4, 0.5) is 5.69 Å². The van der Waals surface area contributed by atoms with Gasteiger partial charge in [0.2, 0.25) is 0 Å². The fraction of sp³-hybridized carbons (Fsp3) is 0.462. The lowest BCUT2D eigenvalue weighted by atomic mass is 10.2. The minimum absolute atomic E-state index is 0.581. The predicted molar refractivity (Wildman–Crippen MR) is 89.2 cm³/mol. The summed E-state index contributed by atoms with van der Waals surface area (Å²) >= 11 is 14.8. The first-order valence-corrected chi connectivity index (χ1v) is 7.70. The van der Waals surface area contributed by atoms with Crippen LogP contribution in [0.2, 0.25) is 5.02 Å². The van der Waals surface area contributed by atoms with Crippen molar-refractivity contribution < 1.29 is 4.74 Å². The van der Waals surface area contributed by atoms with Crippen molar-refractivity contribution in [3.8, 4) is 0 Å². The third-order valence-corrected chi connectivity index (χ3v) is 3.76. The lowest BCUT2D eigenvalue weighted by Gasteiger charge is -2.13. The number of ether oxygens (including phenoxy) is 1. The maximum atomic E-state index is 6.09. The molecule has 0 saturated carbocycles. The summed E-state index contributed by atoms with van der Waals surface area (Å²) in [5.41, 5.74) is 1.88. The van der Waals surface area contributed by atoms with Gasteiger partial charge in [-0.25, -0.2) is 0 Å². The Balaban J connectivity index is 2.42. The van der Waals surface area contributed by atoms with Crippen LogP contribution in [0.25, 0.3) is 0 Å². The SMILES string of the molecule is CCOCCCNC(=S)Nc1cc(Cl)c(C)cc1Br. The van der Waals surface area contributed by atoms with E-state index in [1.807, 2.05) is 26.0 Å². The molecule has 19 heavy (non-hydrogen) atoms. The van der Waals surface area contributed by atoms with Gasteiger partial charge in [-0.05, 0) is 66.1 Å². The highest BCUT2D eigenvalue weighted by Crippen LogP contribution is 2.29. The summed E-state index contributed by atoms with van der Waals surface area (Å²) in [6.45, 7) is 6.21. The number of benzene rings is 1. The highest BCUT2D eigenvalue weighted by atomic mass is 79.9. The third-order valence-electron chi connectivity index (χ3n) is 2.45. The molecule has 0 spiro atoms. The van der Waals surface area contributed by atoms with E-state index in [-0.39, 0.29) is 0 Å². The molecule has 1 aromatic rings. The molecular weight excluding hydrogens is 348 g/mol. The molecule has 0 unspecified atom stereocenters. The Hall–Kier alpha value is -0.360. The van der Waals surface area contributed by atoms with Crippen LogP contribution >= 0.6 is 39.7 Å². The van der Waals surface area contributed by atoms with Gasteiger partial charge in [-0.2, -0.15) is 0 Å². The molecule has 0 aliphatic heterocycles. The van der Waals surface area contributed by atoms with Crippen LogP contribution in [0, 0.1) is 6.92 Å². The van der Waals surface area contributed by atoms with Crippen LogP contribution in [0.1, 0.15) is 18.9 Å². The molecule has 0 amide bonds. The molecule has 1 rings (SSSR count). The normalized spacial score (nSPS) is 10.3. The molecule has 0 aliphatic rings. The number of aryl methyl sites for hydroxylation is 1. The maximum absolute atomic E-state index is 6.09. The van der Waals surface area contributed by atoms with Gasteiger partial charge in [0, 0.05) is 29.3 Å². The molecule has 0 fully saturated rings. The number of rotatable bonds is 6. The highest BCUT2D eigenvalue weighted by Gasteiger charge is 2.05. The van der Waals surface area contributed by atoms with E-state index in [9.17, 15) is 0 Å². The van der Waals surface area contributed by atoms with Crippen molar-refractivity contribution in [3.05, 3.63) is 27.2 Å². The van der Waals surface area contributed by atoms with Crippen molar-refractivity contribution in [3.63, 3.8) is 0 Å². The van der Waals surface area contributed by atoms with E-state index < -0.39 is 0 Å². The Bertz CT molecular complexity index is 443. The fourth-order valence-electron chi connectivity index (χ4n) is 1.43. The van der Waals surface area contributed by atoms with E-state index in [1.165, 1.54) is 0 Å². The molecular formula is C13H18BrClN2OS. The van der Waals surface area contributed by atoms with Crippen LogP contribution < -0.4 is 10.6 Å². The van der Waals surface area contributed by atoms with Gasteiger partial charge in [-0.1, -0.05) is 11.6 Å². The zero-order valence-corrected chi connectivity index (χ0v) is 14.2. The number of halogens is 2. The van der Waals surface area contributed by atoms with Crippen molar-refractivity contribution in [1.29, 1.82) is 0 Å². The topological polar surface area (TPSA) is 33.3 Å². The predicted octanol–water partition coefficient (Wildman–Crippen LogP) is 4.12. The van der Waals surface area contributed by atoms with Crippen molar-refractivity contribution >= 4 is 50.5 Å². The van der Waals surface area contributed by atoms with Gasteiger partial charge in [0.1, 0.15) is 0 Å². The van der Waals surface area contributed by atoms with E-state index in [0.717, 1.165) is 41.9 Å². The molecule has 0 aliphatic carbocycles. The first-order chi connectivity index (χ1) is 9.04. The monoisotopic (exact) mass is 364 g/mol. The Morgan fingerprint density at radius 3 is 2.89 bits per heavy atom. The zero-order chi connectivity index (χ0) is 14.3. The third kappa shape index (κ3) is 6.08. The van der Waals surface area contributed by atoms with Gasteiger partial charge in [0.15, 0.2) is 5.11 Å². The molecule has 1 aromatic carbocycles. The van der Waals surface area contributed by atoms with E-state index in [2.05, 4.69) is 26.6 Å². The van der Waals surface area contributed by atoms with Crippen LogP contribution in [0.5, 0.6) is 0 Å². The quantitative estimate of drug-likeness (QED) is 0.587. The first kappa shape index (κ1) is 16.7. The number of anilines is 1. The van der Waals surface area contributed by atoms with Crippen LogP contribution in [0.15, 0.2) is 16.6 Å². The Morgan fingerprint density at radius 1 is 1.47 bits per heavy atom. The van der Waals surface area contributed by atoms with Crippen LogP contribution in [0.3, 0.4) is 0 Å². The summed E-state index contributed by atoms with van der Waals surface area (Å²) in [4.78, 5) is 0. The lowest BCUT2D eigenvalue weighted by Crippen LogP contribution is -2.30. The van der Waals surface area contributed by atoms with Gasteiger partial charge < -0.3 is 15.4 Å². The number of thiocarbonyl (C=S) groups is 1. The molecule has 0 atom stereocenters. The number of nitrogens with one attached hydrogen (secondary N) is 2. The molecule has 2 N–H and O–H groups in total. The second kappa shape index (κ2) is 8.74. The molecule has 3 nitrogen and oxygen atoms in total. The van der Waals surface area contributed by atoms with Crippen molar-refractivity contribution in [2.24, 2.45) is 0 Å². The van der Waals surface area contributed by atoms with Gasteiger partial charge in [0.25, 0.3) is 0 Å². The summed E-state index contributed by atoms with van der Waals surface area (Å²) in [6.07, 6.45) is 0.922. The van der Waals surface area contributed by atoms with Crippen molar-refractivity contribution in [2.75, 3.05) is 25.1 Å². The second-order valence-electron chi connectivity index (χ2n) is 4.01. The van der Waals surface area contributed by atoms with Crippen LogP contribution in [-0.4, -0.2) is 24.9 Å². The highest BCUT2D eigenvalue weighted by molar-refractivity contribution is 9.10. The fourth-order valence-corrected chi connectivity index (χ4v) is 2.36. The number of hydrogen-bond acceptors (Lipinski definition) is 2. The Labute approximate surface area is 133 Å². The number of hydrogen-bond donors (Lipinski definition) is 2. The molecule has 6 heteroatoms. The van der Waals surface area contributed by atoms with Gasteiger partial charge in [-0.15, -0.1) is 0 Å². The average Bonchev–Trinajstić information content (AvgIpc) is 2.35. The summed E-state index contributed by atoms with van der Waals surface area (Å²) in [5.74, 6) is 0. The molecule has 106 valence electrons. The smallest absolute Gasteiger partial charge is 0.170 e. The standard InChI is InChI=1S/C13H18BrClN2OS/c1-3-18-6-4-5-16-13(19)17-12-8-11(15)9(2)7-10(12)14/h7-8H,3-6H2,1-2H3,(H2,16,17,19). The van der Waals surface area contributed by atoms with E-state index in [4.69, 9.17) is 28.6 Å². The summed E-state index contributed by atoms with van der Waals surface area (Å²) in [7, 11) is 0. The van der Waals surface area contributed by atoms with Crippen molar-refractivity contribution in [1.82, 2.24) is 5.32 Å². The average molecular weight is 366 g/mol. The van der Waals surface area contributed by atoms with Gasteiger partial charge in [0.05, 0.1) is 5.69 Å². The molecule has 0 saturated heterocycles. The minimum atomic E-state index is 0.581. The Kier molecular flexibility index (Phi) is 7.68. The summed E-state index contributed by atoms with van der Waals surface area (Å²) in [5, 5.41) is 7.54. The summed E-state index contributed by atoms with van der Waals surface area (Å²) in [6, 6.07) is 3.82. The zero-order valence-electron chi connectivity index (χ0n) is 11.1. The second-order valence-corrected chi connectivity index (χ2v) is 5.68. The first-order valence-electron chi connectivity index (χ1n) is 6.12. The summed E-state index contributed by atoms with van der Waals surface area (Å²) < 4.78 is 6.19.